The third kappa shape index (κ3) is 19.3. The zero-order valence-corrected chi connectivity index (χ0v) is 17.7. The molecule has 0 rings (SSSR count). The summed E-state index contributed by atoms with van der Waals surface area (Å²) in [6.07, 6.45) is -2.72. The first-order valence-corrected chi connectivity index (χ1v) is 4.34. The number of nitrogens with two attached hydrogens (primary N) is 1. The fourth-order valence-corrected chi connectivity index (χ4v) is 0.684. The van der Waals surface area contributed by atoms with Gasteiger partial charge in [-0.25, -0.2) is 0 Å². The average molecular weight is 319 g/mol. The smallest absolute Gasteiger partial charge is 0.550 e. The first-order chi connectivity index (χ1) is 7.69. The average Bonchev–Trinajstić information content (AvgIpc) is 2.15. The number of hydrogen-bond acceptors (Lipinski definition) is 9. The van der Waals surface area contributed by atoms with Crippen molar-refractivity contribution in [1.29, 1.82) is 0 Å². The minimum absolute atomic E-state index is 0. The number of carboxylic acid groups (broad SMARTS) is 3. The Morgan fingerprint density at radius 3 is 1.30 bits per heavy atom. The predicted molar refractivity (Wildman–Crippen MR) is 45.3 cm³/mol. The first kappa shape index (κ1) is 33.0. The number of carbonyl (C=O) groups excluding carboxylic acids is 3. The Morgan fingerprint density at radius 2 is 1.20 bits per heavy atom. The summed E-state index contributed by atoms with van der Waals surface area (Å²) < 4.78 is 0. The van der Waals surface area contributed by atoms with Crippen LogP contribution in [0.15, 0.2) is 0 Å². The second-order valence-electron chi connectivity index (χ2n) is 2.93. The van der Waals surface area contributed by atoms with Crippen molar-refractivity contribution in [2.75, 3.05) is 13.2 Å². The summed E-state index contributed by atoms with van der Waals surface area (Å²) in [4.78, 5) is 30.0. The van der Waals surface area contributed by atoms with Gasteiger partial charge in [-0.05, 0) is 0 Å². The number of aliphatic hydroxyl groups excluding tert-OH is 1. The van der Waals surface area contributed by atoms with E-state index in [1.165, 1.54) is 0 Å². The number of carboxylic acids is 3. The van der Waals surface area contributed by atoms with Crippen LogP contribution >= 0.6 is 0 Å². The van der Waals surface area contributed by atoms with Crippen LogP contribution in [0, 0.1) is 0 Å². The molecule has 0 aliphatic rings. The van der Waals surface area contributed by atoms with E-state index in [9.17, 15) is 29.7 Å². The number of aliphatic carboxylic acids is 3. The molecule has 100 valence electrons. The maximum Gasteiger partial charge on any atom is 1.00 e. The maximum atomic E-state index is 10.1. The number of rotatable bonds is 6. The molecule has 0 aliphatic heterocycles. The van der Waals surface area contributed by atoms with Gasteiger partial charge in [-0.15, -0.1) is 0 Å². The SMILES string of the molecule is NCCO.O=C([O-])CC(O)(CC(=O)[O-])C(=O)[O-].[Na+].[Na+].[Na+]. The van der Waals surface area contributed by atoms with E-state index in [4.69, 9.17) is 15.9 Å². The zero-order chi connectivity index (χ0) is 14.1. The van der Waals surface area contributed by atoms with Crippen molar-refractivity contribution in [3.63, 3.8) is 0 Å². The molecule has 0 aromatic heterocycles. The van der Waals surface area contributed by atoms with Gasteiger partial charge in [-0.2, -0.15) is 0 Å². The van der Waals surface area contributed by atoms with Gasteiger partial charge >= 0.3 is 88.7 Å². The number of hydrogen-bond donors (Lipinski definition) is 3. The molecule has 0 fully saturated rings. The Labute approximate surface area is 181 Å². The normalized spacial score (nSPS) is 8.55. The monoisotopic (exact) mass is 319 g/mol. The van der Waals surface area contributed by atoms with E-state index in [2.05, 4.69) is 0 Å². The Bertz CT molecular complexity index is 271. The summed E-state index contributed by atoms with van der Waals surface area (Å²) in [6.45, 7) is 0.472. The third-order valence-electron chi connectivity index (χ3n) is 1.38. The van der Waals surface area contributed by atoms with Gasteiger partial charge in [-0.1, -0.05) is 0 Å². The maximum absolute atomic E-state index is 10.1. The molecule has 0 radical (unpaired) electrons. The third-order valence-corrected chi connectivity index (χ3v) is 1.38. The molecule has 4 N–H and O–H groups in total. The van der Waals surface area contributed by atoms with Crippen LogP contribution < -0.4 is 110 Å². The molecule has 0 saturated heterocycles. The topological polar surface area (TPSA) is 187 Å². The molecular formula is C8H12NNa3O8. The second kappa shape index (κ2) is 18.3. The largest absolute Gasteiger partial charge is 1.00 e. The van der Waals surface area contributed by atoms with Gasteiger partial charge in [0.1, 0.15) is 5.60 Å². The van der Waals surface area contributed by atoms with Crippen molar-refractivity contribution in [2.45, 2.75) is 18.4 Å². The molecule has 0 unspecified atom stereocenters. The molecular weight excluding hydrogens is 307 g/mol. The van der Waals surface area contributed by atoms with Gasteiger partial charge in [0, 0.05) is 31.3 Å². The van der Waals surface area contributed by atoms with Crippen LogP contribution in [-0.2, 0) is 14.4 Å². The molecule has 0 aromatic carbocycles. The summed E-state index contributed by atoms with van der Waals surface area (Å²) in [5.41, 5.74) is 1.80. The molecule has 0 aliphatic carbocycles. The summed E-state index contributed by atoms with van der Waals surface area (Å²) in [5.74, 6) is -5.98. The first-order valence-electron chi connectivity index (χ1n) is 4.34. The molecule has 0 heterocycles. The van der Waals surface area contributed by atoms with Crippen molar-refractivity contribution < 1.29 is 129 Å². The quantitative estimate of drug-likeness (QED) is 0.399. The molecule has 0 spiro atoms. The van der Waals surface area contributed by atoms with Gasteiger partial charge in [-0.3, -0.25) is 0 Å². The van der Waals surface area contributed by atoms with Crippen LogP contribution in [0.3, 0.4) is 0 Å². The molecule has 20 heavy (non-hydrogen) atoms. The Morgan fingerprint density at radius 1 is 0.950 bits per heavy atom. The summed E-state index contributed by atoms with van der Waals surface area (Å²) in [7, 11) is 0. The van der Waals surface area contributed by atoms with E-state index in [1.807, 2.05) is 0 Å². The van der Waals surface area contributed by atoms with Crippen molar-refractivity contribution in [1.82, 2.24) is 0 Å². The van der Waals surface area contributed by atoms with Crippen LogP contribution in [0.25, 0.3) is 0 Å². The van der Waals surface area contributed by atoms with Crippen LogP contribution in [0.4, 0.5) is 0 Å². The summed E-state index contributed by atoms with van der Waals surface area (Å²) in [5, 5.41) is 46.7. The standard InChI is InChI=1S/C6H8O7.C2H7NO.3Na/c7-3(8)1-6(13,5(11)12)2-4(9)10;3-1-2-4;;;/h13H,1-2H2,(H,7,8)(H,9,10)(H,11,12);4H,1-3H2;;;/q;;3*+1/p-3. The summed E-state index contributed by atoms with van der Waals surface area (Å²) >= 11 is 0. The number of carbonyl (C=O) groups is 3. The van der Waals surface area contributed by atoms with E-state index in [0.717, 1.165) is 0 Å². The second-order valence-corrected chi connectivity index (χ2v) is 2.93. The van der Waals surface area contributed by atoms with E-state index < -0.39 is 36.4 Å². The van der Waals surface area contributed by atoms with Gasteiger partial charge in [0.25, 0.3) is 0 Å². The van der Waals surface area contributed by atoms with E-state index >= 15 is 0 Å². The predicted octanol–water partition coefficient (Wildman–Crippen LogP) is -15.3. The molecule has 0 saturated carbocycles. The zero-order valence-electron chi connectivity index (χ0n) is 11.7. The number of aliphatic hydroxyl groups is 2. The van der Waals surface area contributed by atoms with Crippen molar-refractivity contribution in [2.24, 2.45) is 5.73 Å². The Kier molecular flexibility index (Phi) is 30.3. The van der Waals surface area contributed by atoms with E-state index in [1.54, 1.807) is 0 Å². The van der Waals surface area contributed by atoms with E-state index in [0.29, 0.717) is 6.54 Å². The Balaban J connectivity index is -0.0000000951. The molecule has 0 atom stereocenters. The van der Waals surface area contributed by atoms with Crippen LogP contribution in [0.1, 0.15) is 12.8 Å². The van der Waals surface area contributed by atoms with Gasteiger partial charge in [0.05, 0.1) is 12.6 Å². The molecule has 0 aromatic rings. The van der Waals surface area contributed by atoms with Crippen molar-refractivity contribution in [3.05, 3.63) is 0 Å². The minimum Gasteiger partial charge on any atom is -0.550 e. The van der Waals surface area contributed by atoms with Crippen LogP contribution in [-0.4, -0.2) is 46.9 Å². The van der Waals surface area contributed by atoms with Gasteiger partial charge < -0.3 is 45.6 Å². The minimum atomic E-state index is -2.97. The Hall–Kier alpha value is 1.29. The molecule has 9 nitrogen and oxygen atoms in total. The van der Waals surface area contributed by atoms with Crippen LogP contribution in [0.2, 0.25) is 0 Å². The van der Waals surface area contributed by atoms with Crippen molar-refractivity contribution >= 4 is 17.9 Å². The van der Waals surface area contributed by atoms with Crippen LogP contribution in [0.5, 0.6) is 0 Å². The fourth-order valence-electron chi connectivity index (χ4n) is 0.684. The van der Waals surface area contributed by atoms with Gasteiger partial charge in [0.2, 0.25) is 0 Å². The molecule has 0 bridgehead atoms. The fraction of sp³-hybridized carbons (Fsp3) is 0.625. The molecule has 0 amide bonds. The van der Waals surface area contributed by atoms with Gasteiger partial charge in [0.15, 0.2) is 0 Å². The summed E-state index contributed by atoms with van der Waals surface area (Å²) in [6, 6.07) is 0. The van der Waals surface area contributed by atoms with E-state index in [-0.39, 0.29) is 95.3 Å². The van der Waals surface area contributed by atoms with Crippen molar-refractivity contribution in [3.8, 4) is 0 Å². The molecule has 12 heteroatoms.